The molecule has 0 aromatic carbocycles. The number of hydrogen-bond acceptors (Lipinski definition) is 3. The van der Waals surface area contributed by atoms with Crippen LogP contribution in [0, 0.1) is 0 Å². The number of hydrogen-bond donors (Lipinski definition) is 0. The lowest BCUT2D eigenvalue weighted by molar-refractivity contribution is -0.117. The van der Waals surface area contributed by atoms with Gasteiger partial charge in [-0.05, 0) is 24.9 Å². The van der Waals surface area contributed by atoms with Gasteiger partial charge in [-0.3, -0.25) is 9.69 Å². The van der Waals surface area contributed by atoms with E-state index in [4.69, 9.17) is 23.2 Å². The fraction of sp³-hybridized carbons (Fsp3) is 0.444. The second-order valence-corrected chi connectivity index (χ2v) is 4.19. The maximum absolute atomic E-state index is 11.6. The Morgan fingerprint density at radius 1 is 1.47 bits per heavy atom. The number of nitrogens with zero attached hydrogens (tertiary/aromatic N) is 3. The van der Waals surface area contributed by atoms with Crippen molar-refractivity contribution in [1.29, 1.82) is 0 Å². The van der Waals surface area contributed by atoms with Crippen LogP contribution in [0.1, 0.15) is 19.8 Å². The van der Waals surface area contributed by atoms with E-state index in [0.717, 1.165) is 6.42 Å². The van der Waals surface area contributed by atoms with Gasteiger partial charge in [-0.2, -0.15) is 0 Å². The average Bonchev–Trinajstić information content (AvgIpc) is 2.44. The van der Waals surface area contributed by atoms with Gasteiger partial charge in [0.1, 0.15) is 11.0 Å². The first-order chi connectivity index (χ1) is 7.08. The fourth-order valence-corrected chi connectivity index (χ4v) is 2.08. The van der Waals surface area contributed by atoms with Crippen LogP contribution in [0.4, 0.5) is 5.82 Å². The molecule has 1 saturated heterocycles. The summed E-state index contributed by atoms with van der Waals surface area (Å²) in [6.07, 6.45) is 1.37. The van der Waals surface area contributed by atoms with Crippen LogP contribution in [-0.2, 0) is 4.79 Å². The molecular formula is C9H9Cl2N3O. The first-order valence-corrected chi connectivity index (χ1v) is 5.35. The Balaban J connectivity index is 2.40. The molecule has 1 aliphatic rings. The molecule has 1 fully saturated rings. The Labute approximate surface area is 97.2 Å². The van der Waals surface area contributed by atoms with E-state index in [1.54, 1.807) is 11.0 Å². The summed E-state index contributed by atoms with van der Waals surface area (Å²) in [6.45, 7) is 1.97. The van der Waals surface area contributed by atoms with E-state index in [0.29, 0.717) is 12.2 Å². The summed E-state index contributed by atoms with van der Waals surface area (Å²) in [6, 6.07) is 1.69. The van der Waals surface area contributed by atoms with E-state index in [-0.39, 0.29) is 22.4 Å². The van der Waals surface area contributed by atoms with Crippen LogP contribution in [0.5, 0.6) is 0 Å². The molecule has 0 saturated carbocycles. The first-order valence-electron chi connectivity index (χ1n) is 4.60. The molecule has 2 heterocycles. The van der Waals surface area contributed by atoms with E-state index < -0.39 is 0 Å². The Hall–Kier alpha value is -0.870. The lowest BCUT2D eigenvalue weighted by Gasteiger charge is -2.20. The fourth-order valence-electron chi connectivity index (χ4n) is 1.68. The molecular weight excluding hydrogens is 237 g/mol. The number of carbonyl (C=O) groups excluding carboxylic acids is 1. The highest BCUT2D eigenvalue weighted by Crippen LogP contribution is 2.26. The highest BCUT2D eigenvalue weighted by atomic mass is 35.5. The van der Waals surface area contributed by atoms with E-state index in [2.05, 4.69) is 9.97 Å². The van der Waals surface area contributed by atoms with Gasteiger partial charge < -0.3 is 0 Å². The lowest BCUT2D eigenvalue weighted by Crippen LogP contribution is -2.31. The SMILES string of the molecule is CC1CCC(=O)N1c1cc(Cl)nc(Cl)n1. The molecule has 1 aliphatic heterocycles. The van der Waals surface area contributed by atoms with Gasteiger partial charge in [0.25, 0.3) is 0 Å². The molecule has 0 aliphatic carbocycles. The van der Waals surface area contributed by atoms with Crippen molar-refractivity contribution in [2.24, 2.45) is 0 Å². The van der Waals surface area contributed by atoms with Crippen LogP contribution in [0.3, 0.4) is 0 Å². The summed E-state index contributed by atoms with van der Waals surface area (Å²) >= 11 is 11.4. The van der Waals surface area contributed by atoms with Crippen LogP contribution in [0.25, 0.3) is 0 Å². The van der Waals surface area contributed by atoms with Gasteiger partial charge in [-0.25, -0.2) is 9.97 Å². The highest BCUT2D eigenvalue weighted by molar-refractivity contribution is 6.32. The third-order valence-corrected chi connectivity index (χ3v) is 2.75. The van der Waals surface area contributed by atoms with E-state index in [9.17, 15) is 4.79 Å². The monoisotopic (exact) mass is 245 g/mol. The predicted octanol–water partition coefficient (Wildman–Crippen LogP) is 2.30. The van der Waals surface area contributed by atoms with Crippen molar-refractivity contribution in [2.45, 2.75) is 25.8 Å². The molecule has 6 heteroatoms. The molecule has 1 amide bonds. The van der Waals surface area contributed by atoms with Crippen LogP contribution in [0.15, 0.2) is 6.07 Å². The standard InChI is InChI=1S/C9H9Cl2N3O/c1-5-2-3-8(15)14(5)7-4-6(10)12-9(11)13-7/h4-5H,2-3H2,1H3. The van der Waals surface area contributed by atoms with Crippen molar-refractivity contribution in [1.82, 2.24) is 9.97 Å². The number of aromatic nitrogens is 2. The molecule has 1 atom stereocenters. The second-order valence-electron chi connectivity index (χ2n) is 3.47. The van der Waals surface area contributed by atoms with Gasteiger partial charge in [-0.1, -0.05) is 11.6 Å². The van der Waals surface area contributed by atoms with Crippen LogP contribution in [0.2, 0.25) is 10.4 Å². The molecule has 0 spiro atoms. The summed E-state index contributed by atoms with van der Waals surface area (Å²) in [7, 11) is 0. The molecule has 1 unspecified atom stereocenters. The van der Waals surface area contributed by atoms with Gasteiger partial charge in [0, 0.05) is 18.5 Å². The Bertz CT molecular complexity index is 390. The Morgan fingerprint density at radius 2 is 2.20 bits per heavy atom. The molecule has 1 aromatic heterocycles. The molecule has 15 heavy (non-hydrogen) atoms. The highest BCUT2D eigenvalue weighted by Gasteiger charge is 2.30. The van der Waals surface area contributed by atoms with Gasteiger partial charge in [0.15, 0.2) is 0 Å². The van der Waals surface area contributed by atoms with Gasteiger partial charge in [-0.15, -0.1) is 0 Å². The zero-order chi connectivity index (χ0) is 11.0. The van der Waals surface area contributed by atoms with Crippen molar-refractivity contribution in [3.63, 3.8) is 0 Å². The van der Waals surface area contributed by atoms with Crippen molar-refractivity contribution in [2.75, 3.05) is 4.90 Å². The average molecular weight is 246 g/mol. The van der Waals surface area contributed by atoms with Crippen LogP contribution in [-0.4, -0.2) is 21.9 Å². The number of rotatable bonds is 1. The minimum atomic E-state index is 0.0494. The molecule has 4 nitrogen and oxygen atoms in total. The summed E-state index contributed by atoms with van der Waals surface area (Å²) in [5, 5.41) is 0.307. The predicted molar refractivity (Wildman–Crippen MR) is 58.2 cm³/mol. The van der Waals surface area contributed by atoms with E-state index in [1.165, 1.54) is 0 Å². The Kier molecular flexibility index (Phi) is 2.80. The van der Waals surface area contributed by atoms with E-state index >= 15 is 0 Å². The molecule has 0 radical (unpaired) electrons. The number of halogens is 2. The van der Waals surface area contributed by atoms with Crippen molar-refractivity contribution >= 4 is 34.9 Å². The summed E-state index contributed by atoms with van der Waals surface area (Å²) in [5.41, 5.74) is 0. The second kappa shape index (κ2) is 3.94. The summed E-state index contributed by atoms with van der Waals surface area (Å²) in [4.78, 5) is 20.9. The zero-order valence-corrected chi connectivity index (χ0v) is 9.59. The Morgan fingerprint density at radius 3 is 2.73 bits per heavy atom. The maximum Gasteiger partial charge on any atom is 0.228 e. The van der Waals surface area contributed by atoms with Crippen molar-refractivity contribution < 1.29 is 4.79 Å². The molecule has 1 aromatic rings. The third kappa shape index (κ3) is 2.06. The third-order valence-electron chi connectivity index (χ3n) is 2.39. The van der Waals surface area contributed by atoms with Gasteiger partial charge >= 0.3 is 0 Å². The summed E-state index contributed by atoms with van der Waals surface area (Å²) in [5.74, 6) is 0.531. The first kappa shape index (κ1) is 10.6. The smallest absolute Gasteiger partial charge is 0.228 e. The minimum Gasteiger partial charge on any atom is -0.294 e. The van der Waals surface area contributed by atoms with Gasteiger partial charge in [0.05, 0.1) is 0 Å². The summed E-state index contributed by atoms with van der Waals surface area (Å²) < 4.78 is 0. The van der Waals surface area contributed by atoms with Crippen LogP contribution >= 0.6 is 23.2 Å². The molecule has 80 valence electrons. The van der Waals surface area contributed by atoms with Crippen LogP contribution < -0.4 is 4.90 Å². The molecule has 2 rings (SSSR count). The largest absolute Gasteiger partial charge is 0.294 e. The number of carbonyl (C=O) groups is 1. The molecule has 0 bridgehead atoms. The number of amides is 1. The van der Waals surface area contributed by atoms with E-state index in [1.807, 2.05) is 6.92 Å². The number of anilines is 1. The topological polar surface area (TPSA) is 46.1 Å². The van der Waals surface area contributed by atoms with Gasteiger partial charge in [0.2, 0.25) is 11.2 Å². The normalized spacial score (nSPS) is 21.1. The lowest BCUT2D eigenvalue weighted by atomic mass is 10.2. The van der Waals surface area contributed by atoms with Crippen molar-refractivity contribution in [3.8, 4) is 0 Å². The zero-order valence-electron chi connectivity index (χ0n) is 8.07. The van der Waals surface area contributed by atoms with Crippen molar-refractivity contribution in [3.05, 3.63) is 16.5 Å². The minimum absolute atomic E-state index is 0.0494. The molecule has 0 N–H and O–H groups in total. The quantitative estimate of drug-likeness (QED) is 0.564. The maximum atomic E-state index is 11.6.